The molecule has 0 amide bonds. The smallest absolute Gasteiger partial charge is 0.127 e. The van der Waals surface area contributed by atoms with Crippen LogP contribution in [-0.2, 0) is 6.42 Å². The van der Waals surface area contributed by atoms with Crippen molar-refractivity contribution >= 4 is 0 Å². The van der Waals surface area contributed by atoms with Crippen LogP contribution in [-0.4, -0.2) is 6.54 Å². The maximum Gasteiger partial charge on any atom is 0.127 e. The number of benzene rings is 2. The third kappa shape index (κ3) is 3.64. The first kappa shape index (κ1) is 14.7. The molecule has 3 heteroatoms. The number of rotatable bonds is 6. The minimum atomic E-state index is -0.252. The Morgan fingerprint density at radius 1 is 0.950 bits per heavy atom. The third-order valence-electron chi connectivity index (χ3n) is 3.30. The summed E-state index contributed by atoms with van der Waals surface area (Å²) in [6, 6.07) is 13.1. The predicted octanol–water partition coefficient (Wildman–Crippen LogP) is 4.25. The van der Waals surface area contributed by atoms with Crippen LogP contribution in [0, 0.1) is 11.6 Å². The van der Waals surface area contributed by atoms with Gasteiger partial charge in [0.05, 0.1) is 0 Å². The molecule has 0 radical (unpaired) electrons. The summed E-state index contributed by atoms with van der Waals surface area (Å²) in [5.41, 5.74) is 1.19. The summed E-state index contributed by atoms with van der Waals surface area (Å²) in [4.78, 5) is 0. The number of hydrogen-bond acceptors (Lipinski definition) is 1. The summed E-state index contributed by atoms with van der Waals surface area (Å²) in [6.07, 6.45) is 1.38. The lowest BCUT2D eigenvalue weighted by molar-refractivity contribution is 0.487. The van der Waals surface area contributed by atoms with E-state index in [0.717, 1.165) is 13.0 Å². The first-order chi connectivity index (χ1) is 9.72. The molecule has 0 aromatic heterocycles. The number of hydrogen-bond donors (Lipinski definition) is 1. The van der Waals surface area contributed by atoms with Crippen molar-refractivity contribution < 1.29 is 8.78 Å². The normalized spacial score (nSPS) is 12.3. The number of nitrogens with one attached hydrogen (secondary N) is 1. The Kier molecular flexibility index (Phi) is 5.24. The van der Waals surface area contributed by atoms with Gasteiger partial charge in [-0.3, -0.25) is 0 Å². The van der Waals surface area contributed by atoms with Crippen LogP contribution in [0.1, 0.15) is 30.5 Å². The molecule has 2 aromatic rings. The molecule has 1 unspecified atom stereocenters. The highest BCUT2D eigenvalue weighted by Gasteiger charge is 2.16. The summed E-state index contributed by atoms with van der Waals surface area (Å²) in [6.45, 7) is 2.82. The zero-order valence-corrected chi connectivity index (χ0v) is 11.6. The Bertz CT molecular complexity index is 554. The molecule has 1 nitrogen and oxygen atoms in total. The lowest BCUT2D eigenvalue weighted by Gasteiger charge is -2.20. The van der Waals surface area contributed by atoms with Gasteiger partial charge in [0.2, 0.25) is 0 Å². The molecular weight excluding hydrogens is 256 g/mol. The summed E-state index contributed by atoms with van der Waals surface area (Å²) in [7, 11) is 0. The summed E-state index contributed by atoms with van der Waals surface area (Å²) >= 11 is 0. The fourth-order valence-electron chi connectivity index (χ4n) is 2.25. The van der Waals surface area contributed by atoms with Crippen molar-refractivity contribution in [3.8, 4) is 0 Å². The van der Waals surface area contributed by atoms with Crippen molar-refractivity contribution in [2.24, 2.45) is 0 Å². The second kappa shape index (κ2) is 7.15. The quantitative estimate of drug-likeness (QED) is 0.831. The molecule has 0 saturated carbocycles. The van der Waals surface area contributed by atoms with Crippen LogP contribution in [0.2, 0.25) is 0 Å². The fourth-order valence-corrected chi connectivity index (χ4v) is 2.25. The van der Waals surface area contributed by atoms with Gasteiger partial charge in [0.15, 0.2) is 0 Å². The highest BCUT2D eigenvalue weighted by atomic mass is 19.1. The minimum Gasteiger partial charge on any atom is -0.310 e. The Morgan fingerprint density at radius 3 is 2.25 bits per heavy atom. The molecule has 0 aliphatic rings. The van der Waals surface area contributed by atoms with Gasteiger partial charge in [0.1, 0.15) is 11.6 Å². The lowest BCUT2D eigenvalue weighted by atomic mass is 9.98. The maximum absolute atomic E-state index is 13.9. The van der Waals surface area contributed by atoms with E-state index in [4.69, 9.17) is 0 Å². The van der Waals surface area contributed by atoms with Crippen LogP contribution in [0.4, 0.5) is 8.78 Å². The minimum absolute atomic E-state index is 0.215. The van der Waals surface area contributed by atoms with E-state index in [-0.39, 0.29) is 17.7 Å². The molecule has 106 valence electrons. The van der Waals surface area contributed by atoms with Crippen molar-refractivity contribution in [2.75, 3.05) is 6.54 Å². The standard InChI is InChI=1S/C17H19F2N/c1-2-11-20-17(14-8-4-6-10-16(14)19)12-13-7-3-5-9-15(13)18/h3-10,17,20H,2,11-12H2,1H3. The van der Waals surface area contributed by atoms with Gasteiger partial charge in [-0.2, -0.15) is 0 Å². The van der Waals surface area contributed by atoms with Crippen LogP contribution >= 0.6 is 0 Å². The molecule has 20 heavy (non-hydrogen) atoms. The second-order valence-electron chi connectivity index (χ2n) is 4.82. The van der Waals surface area contributed by atoms with Crippen molar-refractivity contribution in [3.63, 3.8) is 0 Å². The molecule has 0 spiro atoms. The van der Waals surface area contributed by atoms with E-state index >= 15 is 0 Å². The Balaban J connectivity index is 2.24. The van der Waals surface area contributed by atoms with Crippen molar-refractivity contribution in [3.05, 3.63) is 71.3 Å². The Labute approximate surface area is 118 Å². The zero-order chi connectivity index (χ0) is 14.4. The monoisotopic (exact) mass is 275 g/mol. The Morgan fingerprint density at radius 2 is 1.60 bits per heavy atom. The maximum atomic E-state index is 13.9. The van der Waals surface area contributed by atoms with Gasteiger partial charge in [-0.1, -0.05) is 43.3 Å². The first-order valence-electron chi connectivity index (χ1n) is 6.93. The van der Waals surface area contributed by atoms with Crippen LogP contribution in [0.25, 0.3) is 0 Å². The van der Waals surface area contributed by atoms with E-state index in [1.807, 2.05) is 0 Å². The molecule has 0 aliphatic carbocycles. The molecule has 1 atom stereocenters. The molecule has 2 aromatic carbocycles. The average Bonchev–Trinajstić information content (AvgIpc) is 2.46. The molecule has 0 fully saturated rings. The first-order valence-corrected chi connectivity index (χ1v) is 6.93. The molecule has 0 heterocycles. The summed E-state index contributed by atoms with van der Waals surface area (Å²) in [5.74, 6) is -0.496. The third-order valence-corrected chi connectivity index (χ3v) is 3.30. The second-order valence-corrected chi connectivity index (χ2v) is 4.82. The molecule has 0 bridgehead atoms. The van der Waals surface area contributed by atoms with Gasteiger partial charge in [0.25, 0.3) is 0 Å². The number of halogens is 2. The van der Waals surface area contributed by atoms with E-state index in [9.17, 15) is 8.78 Å². The molecule has 2 rings (SSSR count). The molecule has 0 aliphatic heterocycles. The topological polar surface area (TPSA) is 12.0 Å². The van der Waals surface area contributed by atoms with E-state index < -0.39 is 0 Å². The largest absolute Gasteiger partial charge is 0.310 e. The molecular formula is C17H19F2N. The highest BCUT2D eigenvalue weighted by Crippen LogP contribution is 2.22. The van der Waals surface area contributed by atoms with E-state index in [0.29, 0.717) is 17.5 Å². The van der Waals surface area contributed by atoms with Gasteiger partial charge >= 0.3 is 0 Å². The van der Waals surface area contributed by atoms with Crippen LogP contribution in [0.5, 0.6) is 0 Å². The van der Waals surface area contributed by atoms with Crippen molar-refractivity contribution in [1.82, 2.24) is 5.32 Å². The Hall–Kier alpha value is -1.74. The average molecular weight is 275 g/mol. The van der Waals surface area contributed by atoms with Crippen LogP contribution < -0.4 is 5.32 Å². The molecule has 1 N–H and O–H groups in total. The predicted molar refractivity (Wildman–Crippen MR) is 77.5 cm³/mol. The van der Waals surface area contributed by atoms with Gasteiger partial charge in [-0.05, 0) is 37.1 Å². The van der Waals surface area contributed by atoms with Gasteiger partial charge in [-0.25, -0.2) is 8.78 Å². The van der Waals surface area contributed by atoms with Gasteiger partial charge in [-0.15, -0.1) is 0 Å². The van der Waals surface area contributed by atoms with Crippen molar-refractivity contribution in [1.29, 1.82) is 0 Å². The lowest BCUT2D eigenvalue weighted by Crippen LogP contribution is -2.25. The highest BCUT2D eigenvalue weighted by molar-refractivity contribution is 5.26. The van der Waals surface area contributed by atoms with Crippen LogP contribution in [0.15, 0.2) is 48.5 Å². The summed E-state index contributed by atoms with van der Waals surface area (Å²) < 4.78 is 27.7. The van der Waals surface area contributed by atoms with Crippen molar-refractivity contribution in [2.45, 2.75) is 25.8 Å². The zero-order valence-electron chi connectivity index (χ0n) is 11.6. The van der Waals surface area contributed by atoms with Gasteiger partial charge in [0, 0.05) is 11.6 Å². The SMILES string of the molecule is CCCNC(Cc1ccccc1F)c1ccccc1F. The fraction of sp³-hybridized carbons (Fsp3) is 0.294. The molecule has 0 saturated heterocycles. The summed E-state index contributed by atoms with van der Waals surface area (Å²) in [5, 5.41) is 3.30. The van der Waals surface area contributed by atoms with E-state index in [1.54, 1.807) is 36.4 Å². The van der Waals surface area contributed by atoms with E-state index in [1.165, 1.54) is 12.1 Å². The van der Waals surface area contributed by atoms with Gasteiger partial charge < -0.3 is 5.32 Å². The van der Waals surface area contributed by atoms with Crippen LogP contribution in [0.3, 0.4) is 0 Å². The van der Waals surface area contributed by atoms with E-state index in [2.05, 4.69) is 12.2 Å².